The smallest absolute Gasteiger partial charge is 0.243 e. The Morgan fingerprint density at radius 2 is 1.95 bits per heavy atom. The van der Waals surface area contributed by atoms with Crippen LogP contribution in [0.15, 0.2) is 28.7 Å². The molecule has 1 atom stereocenters. The first kappa shape index (κ1) is 16.1. The van der Waals surface area contributed by atoms with Crippen molar-refractivity contribution in [3.63, 3.8) is 0 Å². The Morgan fingerprint density at radius 1 is 1.33 bits per heavy atom. The molecule has 0 saturated heterocycles. The van der Waals surface area contributed by atoms with Crippen molar-refractivity contribution in [2.75, 3.05) is 5.32 Å². The number of aryl methyl sites for hydroxylation is 1. The van der Waals surface area contributed by atoms with Crippen molar-refractivity contribution >= 4 is 38.3 Å². The first-order valence-corrected chi connectivity index (χ1v) is 8.29. The highest BCUT2D eigenvalue weighted by Gasteiger charge is 2.19. The number of halogens is 1. The molecule has 1 aromatic heterocycles. The minimum Gasteiger partial charge on any atom is -0.320 e. The van der Waals surface area contributed by atoms with Gasteiger partial charge in [0.2, 0.25) is 5.91 Å². The van der Waals surface area contributed by atoms with Crippen LogP contribution >= 0.6 is 27.3 Å². The first-order chi connectivity index (χ1) is 9.88. The zero-order valence-electron chi connectivity index (χ0n) is 12.2. The minimum absolute atomic E-state index is 0.0944. The van der Waals surface area contributed by atoms with Crippen LogP contribution in [0.5, 0.6) is 0 Å². The summed E-state index contributed by atoms with van der Waals surface area (Å²) >= 11 is 4.88. The van der Waals surface area contributed by atoms with Crippen LogP contribution in [0.1, 0.15) is 18.7 Å². The molecule has 0 saturated carbocycles. The molecule has 0 fully saturated rings. The van der Waals surface area contributed by atoms with Crippen molar-refractivity contribution in [2.24, 2.45) is 11.7 Å². The van der Waals surface area contributed by atoms with Gasteiger partial charge in [-0.05, 0) is 25.0 Å². The number of carbonyl (C=O) groups excluding carboxylic acids is 1. The Bertz CT molecular complexity index is 637. The molecule has 112 valence electrons. The molecule has 0 aliphatic carbocycles. The van der Waals surface area contributed by atoms with E-state index in [0.717, 1.165) is 20.6 Å². The molecule has 21 heavy (non-hydrogen) atoms. The van der Waals surface area contributed by atoms with Gasteiger partial charge in [-0.2, -0.15) is 0 Å². The van der Waals surface area contributed by atoms with Gasteiger partial charge in [0.1, 0.15) is 0 Å². The van der Waals surface area contributed by atoms with Crippen LogP contribution in [0.25, 0.3) is 11.3 Å². The van der Waals surface area contributed by atoms with E-state index in [9.17, 15) is 4.79 Å². The molecule has 0 bridgehead atoms. The molecule has 6 heteroatoms. The van der Waals surface area contributed by atoms with Crippen LogP contribution in [0.3, 0.4) is 0 Å². The second-order valence-corrected chi connectivity index (χ2v) is 7.31. The Hall–Kier alpha value is -1.24. The van der Waals surface area contributed by atoms with Gasteiger partial charge in [0.25, 0.3) is 0 Å². The Kier molecular flexibility index (Phi) is 5.13. The fourth-order valence-corrected chi connectivity index (χ4v) is 2.92. The lowest BCUT2D eigenvalue weighted by atomic mass is 10.1. The van der Waals surface area contributed by atoms with Crippen molar-refractivity contribution in [1.82, 2.24) is 4.98 Å². The summed E-state index contributed by atoms with van der Waals surface area (Å²) in [5.74, 6) is -0.0990. The van der Waals surface area contributed by atoms with Crippen molar-refractivity contribution < 1.29 is 4.79 Å². The fourth-order valence-electron chi connectivity index (χ4n) is 1.82. The van der Waals surface area contributed by atoms with E-state index in [2.05, 4.69) is 26.2 Å². The SMILES string of the molecule is Cc1sc(NC(=O)[C@@H](N)C(C)C)nc1-c1ccc(Br)cc1. The topological polar surface area (TPSA) is 68.0 Å². The third-order valence-electron chi connectivity index (χ3n) is 3.17. The molecule has 0 aliphatic rings. The highest BCUT2D eigenvalue weighted by atomic mass is 79.9. The summed E-state index contributed by atoms with van der Waals surface area (Å²) in [5.41, 5.74) is 7.76. The molecule has 2 rings (SSSR count). The summed E-state index contributed by atoms with van der Waals surface area (Å²) in [6, 6.07) is 7.42. The summed E-state index contributed by atoms with van der Waals surface area (Å²) < 4.78 is 1.02. The molecular formula is C15H18BrN3OS. The van der Waals surface area contributed by atoms with Crippen LogP contribution in [0, 0.1) is 12.8 Å². The molecule has 1 heterocycles. The van der Waals surface area contributed by atoms with Gasteiger partial charge in [0.15, 0.2) is 5.13 Å². The number of thiazole rings is 1. The van der Waals surface area contributed by atoms with Gasteiger partial charge in [-0.1, -0.05) is 41.9 Å². The first-order valence-electron chi connectivity index (χ1n) is 6.68. The summed E-state index contributed by atoms with van der Waals surface area (Å²) in [6.07, 6.45) is 0. The molecule has 4 nitrogen and oxygen atoms in total. The molecular weight excluding hydrogens is 350 g/mol. The van der Waals surface area contributed by atoms with E-state index in [1.807, 2.05) is 45.0 Å². The molecule has 0 unspecified atom stereocenters. The maximum atomic E-state index is 12.0. The second-order valence-electron chi connectivity index (χ2n) is 5.19. The Balaban J connectivity index is 2.20. The van der Waals surface area contributed by atoms with Crippen LogP contribution in [-0.2, 0) is 4.79 Å². The van der Waals surface area contributed by atoms with Crippen molar-refractivity contribution in [2.45, 2.75) is 26.8 Å². The Labute approximate surface area is 136 Å². The van der Waals surface area contributed by atoms with E-state index in [1.165, 1.54) is 11.3 Å². The number of hydrogen-bond donors (Lipinski definition) is 2. The lowest BCUT2D eigenvalue weighted by molar-refractivity contribution is -0.118. The van der Waals surface area contributed by atoms with Gasteiger partial charge in [-0.25, -0.2) is 4.98 Å². The molecule has 1 aromatic carbocycles. The molecule has 1 amide bonds. The van der Waals surface area contributed by atoms with Crippen LogP contribution in [0.4, 0.5) is 5.13 Å². The van der Waals surface area contributed by atoms with E-state index >= 15 is 0 Å². The maximum Gasteiger partial charge on any atom is 0.243 e. The average Bonchev–Trinajstić information content (AvgIpc) is 2.79. The van der Waals surface area contributed by atoms with Crippen molar-refractivity contribution in [3.05, 3.63) is 33.6 Å². The summed E-state index contributed by atoms with van der Waals surface area (Å²) in [4.78, 5) is 17.5. The number of nitrogens with two attached hydrogens (primary N) is 1. The molecule has 0 spiro atoms. The number of nitrogens with one attached hydrogen (secondary N) is 1. The zero-order chi connectivity index (χ0) is 15.6. The number of anilines is 1. The third kappa shape index (κ3) is 3.90. The number of hydrogen-bond acceptors (Lipinski definition) is 4. The quantitative estimate of drug-likeness (QED) is 0.863. The lowest BCUT2D eigenvalue weighted by Gasteiger charge is -2.13. The van der Waals surface area contributed by atoms with Gasteiger partial charge >= 0.3 is 0 Å². The van der Waals surface area contributed by atoms with E-state index in [4.69, 9.17) is 5.73 Å². The second kappa shape index (κ2) is 6.68. The highest BCUT2D eigenvalue weighted by molar-refractivity contribution is 9.10. The summed E-state index contributed by atoms with van der Waals surface area (Å²) in [7, 11) is 0. The predicted octanol–water partition coefficient (Wildman–Crippen LogP) is 3.80. The zero-order valence-corrected chi connectivity index (χ0v) is 14.6. The monoisotopic (exact) mass is 367 g/mol. The molecule has 2 aromatic rings. The highest BCUT2D eigenvalue weighted by Crippen LogP contribution is 2.31. The molecule has 0 aliphatic heterocycles. The molecule has 3 N–H and O–H groups in total. The number of benzene rings is 1. The maximum absolute atomic E-state index is 12.0. The van der Waals surface area contributed by atoms with Crippen LogP contribution in [0.2, 0.25) is 0 Å². The number of amides is 1. The van der Waals surface area contributed by atoms with E-state index in [0.29, 0.717) is 5.13 Å². The fraction of sp³-hybridized carbons (Fsp3) is 0.333. The van der Waals surface area contributed by atoms with E-state index in [-0.39, 0.29) is 11.8 Å². The number of rotatable bonds is 4. The van der Waals surface area contributed by atoms with Crippen molar-refractivity contribution in [1.29, 1.82) is 0 Å². The van der Waals surface area contributed by atoms with Crippen molar-refractivity contribution in [3.8, 4) is 11.3 Å². The van der Waals surface area contributed by atoms with E-state index in [1.54, 1.807) is 0 Å². The number of nitrogens with zero attached hydrogens (tertiary/aromatic N) is 1. The normalized spacial score (nSPS) is 12.5. The summed E-state index contributed by atoms with van der Waals surface area (Å²) in [5, 5.41) is 3.39. The largest absolute Gasteiger partial charge is 0.320 e. The van der Waals surface area contributed by atoms with Crippen LogP contribution in [-0.4, -0.2) is 16.9 Å². The van der Waals surface area contributed by atoms with E-state index < -0.39 is 6.04 Å². The summed E-state index contributed by atoms with van der Waals surface area (Å²) in [6.45, 7) is 5.84. The van der Waals surface area contributed by atoms with Gasteiger partial charge in [-0.3, -0.25) is 4.79 Å². The third-order valence-corrected chi connectivity index (χ3v) is 4.58. The van der Waals surface area contributed by atoms with Gasteiger partial charge in [0.05, 0.1) is 11.7 Å². The lowest BCUT2D eigenvalue weighted by Crippen LogP contribution is -2.39. The minimum atomic E-state index is -0.523. The van der Waals surface area contributed by atoms with Gasteiger partial charge in [-0.15, -0.1) is 11.3 Å². The van der Waals surface area contributed by atoms with Crippen LogP contribution < -0.4 is 11.1 Å². The Morgan fingerprint density at radius 3 is 2.52 bits per heavy atom. The number of carbonyl (C=O) groups is 1. The predicted molar refractivity (Wildman–Crippen MR) is 91.4 cm³/mol. The standard InChI is InChI=1S/C15H18BrN3OS/c1-8(2)12(17)14(20)19-15-18-13(9(3)21-15)10-4-6-11(16)7-5-10/h4-8,12H,17H2,1-3H3,(H,18,19,20)/t12-/m0/s1. The molecule has 0 radical (unpaired) electrons. The van der Waals surface area contributed by atoms with Gasteiger partial charge in [0, 0.05) is 14.9 Å². The number of aromatic nitrogens is 1. The van der Waals surface area contributed by atoms with Gasteiger partial charge < -0.3 is 11.1 Å². The average molecular weight is 368 g/mol.